The molecular formula is C44H36. The van der Waals surface area contributed by atoms with E-state index in [4.69, 9.17) is 0 Å². The van der Waals surface area contributed by atoms with E-state index in [1.54, 1.807) is 0 Å². The quantitative estimate of drug-likeness (QED) is 0.161. The molecule has 0 heteroatoms. The van der Waals surface area contributed by atoms with E-state index in [0.717, 1.165) is 0 Å². The third-order valence-electron chi connectivity index (χ3n) is 7.98. The van der Waals surface area contributed by atoms with Crippen molar-refractivity contribution in [3.05, 3.63) is 190 Å². The molecule has 0 aliphatic heterocycles. The highest BCUT2D eigenvalue weighted by atomic mass is 14.1. The number of rotatable bonds is 8. The van der Waals surface area contributed by atoms with E-state index in [0.29, 0.717) is 0 Å². The van der Waals surface area contributed by atoms with Crippen LogP contribution in [0.2, 0.25) is 0 Å². The topological polar surface area (TPSA) is 0 Å². The van der Waals surface area contributed by atoms with Crippen molar-refractivity contribution >= 4 is 58.4 Å². The number of hydrogen-bond donors (Lipinski definition) is 0. The monoisotopic (exact) mass is 564 g/mol. The summed E-state index contributed by atoms with van der Waals surface area (Å²) in [6.45, 7) is 4.33. The van der Waals surface area contributed by atoms with Gasteiger partial charge in [0.2, 0.25) is 0 Å². The van der Waals surface area contributed by atoms with Crippen molar-refractivity contribution in [3.63, 3.8) is 0 Å². The SMILES string of the molecule is CC(=Cc1ccc(C=Cc2cccc3cccc(C=Cc4ccc(C=C(C)c5ccccc5)cc4)c23)cc1)c1ccccc1. The summed E-state index contributed by atoms with van der Waals surface area (Å²) in [6.07, 6.45) is 13.4. The average molecular weight is 565 g/mol. The maximum absolute atomic E-state index is 2.24. The van der Waals surface area contributed by atoms with E-state index in [-0.39, 0.29) is 0 Å². The Balaban J connectivity index is 1.20. The zero-order chi connectivity index (χ0) is 30.1. The van der Waals surface area contributed by atoms with Crippen molar-refractivity contribution in [1.29, 1.82) is 0 Å². The standard InChI is InChI=1S/C44H36/c1-33(39-11-5-3-6-12-39)31-37-23-19-35(20-24-37)27-29-42-17-9-15-41-16-10-18-43(44(41)42)30-28-36-21-25-38(26-22-36)32-34(2)40-13-7-4-8-14-40/h3-32H,1-2H3. The van der Waals surface area contributed by atoms with Crippen molar-refractivity contribution in [2.45, 2.75) is 13.8 Å². The van der Waals surface area contributed by atoms with E-state index >= 15 is 0 Å². The normalized spacial score (nSPS) is 12.4. The third kappa shape index (κ3) is 7.12. The van der Waals surface area contributed by atoms with Crippen LogP contribution in [0.4, 0.5) is 0 Å². The molecule has 212 valence electrons. The molecule has 0 saturated heterocycles. The van der Waals surface area contributed by atoms with Crippen LogP contribution in [-0.4, -0.2) is 0 Å². The number of allylic oxidation sites excluding steroid dienone is 2. The number of benzene rings is 6. The molecule has 0 bridgehead atoms. The van der Waals surface area contributed by atoms with Gasteiger partial charge in [0.15, 0.2) is 0 Å². The highest BCUT2D eigenvalue weighted by Gasteiger charge is 2.03. The summed E-state index contributed by atoms with van der Waals surface area (Å²) in [6, 6.07) is 51.6. The van der Waals surface area contributed by atoms with Gasteiger partial charge >= 0.3 is 0 Å². The van der Waals surface area contributed by atoms with Crippen LogP contribution in [-0.2, 0) is 0 Å². The Morgan fingerprint density at radius 1 is 0.364 bits per heavy atom. The second kappa shape index (κ2) is 13.7. The number of hydrogen-bond acceptors (Lipinski definition) is 0. The molecule has 6 aromatic rings. The van der Waals surface area contributed by atoms with Crippen molar-refractivity contribution in [2.75, 3.05) is 0 Å². The molecule has 0 heterocycles. The van der Waals surface area contributed by atoms with Gasteiger partial charge in [0.05, 0.1) is 0 Å². The van der Waals surface area contributed by atoms with Gasteiger partial charge in [0.25, 0.3) is 0 Å². The van der Waals surface area contributed by atoms with Gasteiger partial charge in [-0.1, -0.05) is 182 Å². The van der Waals surface area contributed by atoms with Gasteiger partial charge in [-0.3, -0.25) is 0 Å². The molecule has 0 aliphatic carbocycles. The largest absolute Gasteiger partial charge is 0.0622 e. The molecule has 0 N–H and O–H groups in total. The van der Waals surface area contributed by atoms with E-state index in [2.05, 4.69) is 196 Å². The molecule has 0 fully saturated rings. The first-order valence-corrected chi connectivity index (χ1v) is 15.2. The first kappa shape index (κ1) is 28.6. The van der Waals surface area contributed by atoms with Gasteiger partial charge < -0.3 is 0 Å². The van der Waals surface area contributed by atoms with Crippen LogP contribution in [0.1, 0.15) is 58.4 Å². The van der Waals surface area contributed by atoms with Crippen LogP contribution < -0.4 is 0 Å². The lowest BCUT2D eigenvalue weighted by atomic mass is 9.97. The van der Waals surface area contributed by atoms with Gasteiger partial charge in [0, 0.05) is 0 Å². The summed E-state index contributed by atoms with van der Waals surface area (Å²) in [4.78, 5) is 0. The summed E-state index contributed by atoms with van der Waals surface area (Å²) in [5.41, 5.74) is 12.2. The van der Waals surface area contributed by atoms with Crippen LogP contribution >= 0.6 is 0 Å². The van der Waals surface area contributed by atoms with Gasteiger partial charge in [-0.25, -0.2) is 0 Å². The zero-order valence-corrected chi connectivity index (χ0v) is 25.3. The van der Waals surface area contributed by atoms with Gasteiger partial charge in [-0.05, 0) is 80.3 Å². The fraction of sp³-hybridized carbons (Fsp3) is 0.0455. The van der Waals surface area contributed by atoms with E-state index in [1.165, 1.54) is 66.4 Å². The zero-order valence-electron chi connectivity index (χ0n) is 25.3. The highest BCUT2D eigenvalue weighted by Crippen LogP contribution is 2.27. The summed E-state index contributed by atoms with van der Waals surface area (Å²) in [5, 5.41) is 2.50. The lowest BCUT2D eigenvalue weighted by Gasteiger charge is -2.07. The minimum Gasteiger partial charge on any atom is -0.0622 e. The minimum absolute atomic E-state index is 1.18. The Morgan fingerprint density at radius 3 is 1.16 bits per heavy atom. The molecule has 0 saturated carbocycles. The summed E-state index contributed by atoms with van der Waals surface area (Å²) in [7, 11) is 0. The molecule has 6 aromatic carbocycles. The lowest BCUT2D eigenvalue weighted by Crippen LogP contribution is -1.84. The molecule has 0 nitrogen and oxygen atoms in total. The second-order valence-corrected chi connectivity index (χ2v) is 11.2. The van der Waals surface area contributed by atoms with Gasteiger partial charge in [-0.2, -0.15) is 0 Å². The molecule has 0 unspecified atom stereocenters. The molecule has 0 spiro atoms. The Bertz CT molecular complexity index is 1820. The predicted molar refractivity (Wildman–Crippen MR) is 195 cm³/mol. The highest BCUT2D eigenvalue weighted by molar-refractivity contribution is 6.00. The van der Waals surface area contributed by atoms with E-state index < -0.39 is 0 Å². The average Bonchev–Trinajstić information content (AvgIpc) is 3.08. The third-order valence-corrected chi connectivity index (χ3v) is 7.98. The van der Waals surface area contributed by atoms with Crippen LogP contribution in [0.25, 0.3) is 58.4 Å². The maximum Gasteiger partial charge on any atom is -0.00389 e. The molecule has 0 aromatic heterocycles. The minimum atomic E-state index is 1.18. The fourth-order valence-corrected chi connectivity index (χ4v) is 5.53. The van der Waals surface area contributed by atoms with Crippen molar-refractivity contribution < 1.29 is 0 Å². The second-order valence-electron chi connectivity index (χ2n) is 11.2. The maximum atomic E-state index is 2.24. The van der Waals surface area contributed by atoms with Crippen LogP contribution in [0.3, 0.4) is 0 Å². The lowest BCUT2D eigenvalue weighted by molar-refractivity contribution is 1.57. The summed E-state index contributed by atoms with van der Waals surface area (Å²) in [5.74, 6) is 0. The van der Waals surface area contributed by atoms with Crippen LogP contribution in [0.15, 0.2) is 146 Å². The number of fused-ring (bicyclic) bond motifs is 1. The first-order valence-electron chi connectivity index (χ1n) is 15.2. The summed E-state index contributed by atoms with van der Waals surface area (Å²) >= 11 is 0. The van der Waals surface area contributed by atoms with Gasteiger partial charge in [0.1, 0.15) is 0 Å². The molecule has 6 rings (SSSR count). The van der Waals surface area contributed by atoms with Crippen LogP contribution in [0.5, 0.6) is 0 Å². The Labute approximate surface area is 261 Å². The molecule has 0 radical (unpaired) electrons. The van der Waals surface area contributed by atoms with Gasteiger partial charge in [-0.15, -0.1) is 0 Å². The Kier molecular flexibility index (Phi) is 8.90. The molecule has 0 amide bonds. The predicted octanol–water partition coefficient (Wildman–Crippen LogP) is 12.3. The summed E-state index contributed by atoms with van der Waals surface area (Å²) < 4.78 is 0. The smallest absolute Gasteiger partial charge is 0.00389 e. The molecule has 0 atom stereocenters. The van der Waals surface area contributed by atoms with E-state index in [1.807, 2.05) is 0 Å². The van der Waals surface area contributed by atoms with Crippen molar-refractivity contribution in [2.24, 2.45) is 0 Å². The van der Waals surface area contributed by atoms with Crippen molar-refractivity contribution in [3.8, 4) is 0 Å². The van der Waals surface area contributed by atoms with E-state index in [9.17, 15) is 0 Å². The van der Waals surface area contributed by atoms with Crippen LogP contribution in [0, 0.1) is 0 Å². The van der Waals surface area contributed by atoms with Crippen molar-refractivity contribution in [1.82, 2.24) is 0 Å². The molecular weight excluding hydrogens is 528 g/mol. The molecule has 44 heavy (non-hydrogen) atoms. The fourth-order valence-electron chi connectivity index (χ4n) is 5.53. The molecule has 0 aliphatic rings. The Hall–Kier alpha value is -5.46. The Morgan fingerprint density at radius 2 is 0.750 bits per heavy atom. The first-order chi connectivity index (χ1) is 21.6.